The summed E-state index contributed by atoms with van der Waals surface area (Å²) in [6.07, 6.45) is 0. The SMILES string of the molecule is COc1ccc(-c2nnc(SCC(=O)Nc3ccc4ccccc4c3)n2C)cc1. The Morgan fingerprint density at radius 2 is 1.79 bits per heavy atom. The molecule has 0 aliphatic heterocycles. The van der Waals surface area contributed by atoms with Crippen molar-refractivity contribution in [2.45, 2.75) is 5.16 Å². The van der Waals surface area contributed by atoms with Crippen LogP contribution >= 0.6 is 11.8 Å². The zero-order valence-corrected chi connectivity index (χ0v) is 16.9. The van der Waals surface area contributed by atoms with Crippen molar-refractivity contribution in [3.05, 3.63) is 66.7 Å². The van der Waals surface area contributed by atoms with Crippen LogP contribution in [0.15, 0.2) is 71.9 Å². The smallest absolute Gasteiger partial charge is 0.234 e. The minimum absolute atomic E-state index is 0.0840. The number of benzene rings is 3. The summed E-state index contributed by atoms with van der Waals surface area (Å²) >= 11 is 1.35. The monoisotopic (exact) mass is 404 g/mol. The Balaban J connectivity index is 1.40. The van der Waals surface area contributed by atoms with Crippen molar-refractivity contribution in [2.75, 3.05) is 18.2 Å². The molecule has 0 saturated carbocycles. The maximum Gasteiger partial charge on any atom is 0.234 e. The van der Waals surface area contributed by atoms with Crippen molar-refractivity contribution in [1.29, 1.82) is 0 Å². The van der Waals surface area contributed by atoms with Gasteiger partial charge in [-0.1, -0.05) is 42.1 Å². The minimum atomic E-state index is -0.0840. The molecule has 0 unspecified atom stereocenters. The molecule has 146 valence electrons. The number of rotatable bonds is 6. The second-order valence-electron chi connectivity index (χ2n) is 6.49. The summed E-state index contributed by atoms with van der Waals surface area (Å²) < 4.78 is 7.07. The summed E-state index contributed by atoms with van der Waals surface area (Å²) in [6.45, 7) is 0. The van der Waals surface area contributed by atoms with Gasteiger partial charge in [0.15, 0.2) is 11.0 Å². The fourth-order valence-corrected chi connectivity index (χ4v) is 3.74. The summed E-state index contributed by atoms with van der Waals surface area (Å²) in [5, 5.41) is 14.3. The number of ether oxygens (including phenoxy) is 1. The van der Waals surface area contributed by atoms with Crippen molar-refractivity contribution < 1.29 is 9.53 Å². The van der Waals surface area contributed by atoms with Gasteiger partial charge in [0.2, 0.25) is 5.91 Å². The van der Waals surface area contributed by atoms with E-state index in [0.717, 1.165) is 33.6 Å². The number of hydrogen-bond donors (Lipinski definition) is 1. The predicted octanol–water partition coefficient (Wildman–Crippen LogP) is 4.37. The maximum atomic E-state index is 12.4. The molecular formula is C22H20N4O2S. The van der Waals surface area contributed by atoms with Gasteiger partial charge in [0.05, 0.1) is 12.9 Å². The molecule has 1 heterocycles. The highest BCUT2D eigenvalue weighted by atomic mass is 32.2. The molecular weight excluding hydrogens is 384 g/mol. The lowest BCUT2D eigenvalue weighted by molar-refractivity contribution is -0.113. The zero-order valence-electron chi connectivity index (χ0n) is 16.1. The van der Waals surface area contributed by atoms with Crippen LogP contribution in [0, 0.1) is 0 Å². The summed E-state index contributed by atoms with van der Waals surface area (Å²) in [7, 11) is 3.53. The second kappa shape index (κ2) is 8.36. The zero-order chi connectivity index (χ0) is 20.2. The molecule has 1 N–H and O–H groups in total. The number of amides is 1. The molecule has 0 saturated heterocycles. The van der Waals surface area contributed by atoms with E-state index in [-0.39, 0.29) is 11.7 Å². The first-order valence-corrected chi connectivity index (χ1v) is 10.1. The molecule has 4 rings (SSSR count). The minimum Gasteiger partial charge on any atom is -0.497 e. The van der Waals surface area contributed by atoms with E-state index in [4.69, 9.17) is 4.74 Å². The number of carbonyl (C=O) groups is 1. The van der Waals surface area contributed by atoms with Gasteiger partial charge >= 0.3 is 0 Å². The summed E-state index contributed by atoms with van der Waals surface area (Å²) in [6, 6.07) is 21.6. The molecule has 3 aromatic carbocycles. The third-order valence-corrected chi connectivity index (χ3v) is 5.57. The Morgan fingerprint density at radius 3 is 2.55 bits per heavy atom. The Bertz CT molecular complexity index is 1160. The molecule has 0 fully saturated rings. The molecule has 4 aromatic rings. The van der Waals surface area contributed by atoms with Gasteiger partial charge in [-0.25, -0.2) is 0 Å². The van der Waals surface area contributed by atoms with E-state index in [0.29, 0.717) is 5.16 Å². The largest absolute Gasteiger partial charge is 0.497 e. The van der Waals surface area contributed by atoms with Crippen LogP contribution in [0.25, 0.3) is 22.2 Å². The number of carbonyl (C=O) groups excluding carboxylic acids is 1. The van der Waals surface area contributed by atoms with Crippen LogP contribution in [0.4, 0.5) is 5.69 Å². The Kier molecular flexibility index (Phi) is 5.48. The fourth-order valence-electron chi connectivity index (χ4n) is 3.03. The summed E-state index contributed by atoms with van der Waals surface area (Å²) in [5.74, 6) is 1.70. The van der Waals surface area contributed by atoms with Gasteiger partial charge in [-0.05, 0) is 47.2 Å². The standard InChI is InChI=1S/C22H20N4O2S/c1-26-21(16-8-11-19(28-2)12-9-16)24-25-22(26)29-14-20(27)23-18-10-7-15-5-3-4-6-17(15)13-18/h3-13H,14H2,1-2H3,(H,23,27). The van der Waals surface area contributed by atoms with Crippen LogP contribution in [0.5, 0.6) is 5.75 Å². The molecule has 7 heteroatoms. The number of anilines is 1. The third kappa shape index (κ3) is 4.25. The average molecular weight is 404 g/mol. The highest BCUT2D eigenvalue weighted by Crippen LogP contribution is 2.25. The molecule has 1 amide bonds. The van der Waals surface area contributed by atoms with Crippen LogP contribution in [-0.4, -0.2) is 33.5 Å². The maximum absolute atomic E-state index is 12.4. The molecule has 0 radical (unpaired) electrons. The van der Waals surface area contributed by atoms with Crippen molar-refractivity contribution in [1.82, 2.24) is 14.8 Å². The van der Waals surface area contributed by atoms with E-state index in [9.17, 15) is 4.79 Å². The van der Waals surface area contributed by atoms with E-state index in [1.807, 2.05) is 78.3 Å². The lowest BCUT2D eigenvalue weighted by Gasteiger charge is -2.07. The quantitative estimate of drug-likeness (QED) is 0.483. The lowest BCUT2D eigenvalue weighted by atomic mass is 10.1. The van der Waals surface area contributed by atoms with Crippen LogP contribution in [0.3, 0.4) is 0 Å². The lowest BCUT2D eigenvalue weighted by Crippen LogP contribution is -2.14. The number of fused-ring (bicyclic) bond motifs is 1. The van der Waals surface area contributed by atoms with Gasteiger partial charge in [0.1, 0.15) is 5.75 Å². The van der Waals surface area contributed by atoms with Gasteiger partial charge in [-0.2, -0.15) is 0 Å². The van der Waals surface area contributed by atoms with Crippen molar-refractivity contribution in [2.24, 2.45) is 7.05 Å². The summed E-state index contributed by atoms with van der Waals surface area (Å²) in [5.41, 5.74) is 1.72. The van der Waals surface area contributed by atoms with E-state index >= 15 is 0 Å². The highest BCUT2D eigenvalue weighted by Gasteiger charge is 2.13. The normalized spacial score (nSPS) is 10.8. The molecule has 0 aliphatic rings. The van der Waals surface area contributed by atoms with E-state index in [1.165, 1.54) is 11.8 Å². The van der Waals surface area contributed by atoms with Crippen molar-refractivity contribution in [3.8, 4) is 17.1 Å². The Labute approximate surface area is 172 Å². The number of nitrogens with zero attached hydrogens (tertiary/aromatic N) is 3. The first-order chi connectivity index (χ1) is 14.1. The average Bonchev–Trinajstić information content (AvgIpc) is 3.12. The predicted molar refractivity (Wildman–Crippen MR) is 116 cm³/mol. The number of hydrogen-bond acceptors (Lipinski definition) is 5. The molecule has 6 nitrogen and oxygen atoms in total. The molecule has 0 aliphatic carbocycles. The highest BCUT2D eigenvalue weighted by molar-refractivity contribution is 7.99. The number of nitrogens with one attached hydrogen (secondary N) is 1. The van der Waals surface area contributed by atoms with Gasteiger partial charge in [0, 0.05) is 18.3 Å². The topological polar surface area (TPSA) is 69.0 Å². The molecule has 0 bridgehead atoms. The Hall–Kier alpha value is -3.32. The molecule has 29 heavy (non-hydrogen) atoms. The first-order valence-electron chi connectivity index (χ1n) is 9.09. The van der Waals surface area contributed by atoms with E-state index in [1.54, 1.807) is 7.11 Å². The van der Waals surface area contributed by atoms with E-state index in [2.05, 4.69) is 15.5 Å². The second-order valence-corrected chi connectivity index (χ2v) is 7.43. The van der Waals surface area contributed by atoms with Gasteiger partial charge < -0.3 is 14.6 Å². The van der Waals surface area contributed by atoms with E-state index < -0.39 is 0 Å². The van der Waals surface area contributed by atoms with Gasteiger partial charge in [0.25, 0.3) is 0 Å². The molecule has 0 spiro atoms. The fraction of sp³-hybridized carbons (Fsp3) is 0.136. The van der Waals surface area contributed by atoms with Crippen LogP contribution in [-0.2, 0) is 11.8 Å². The first kappa shape index (κ1) is 19.0. The van der Waals surface area contributed by atoms with Crippen molar-refractivity contribution in [3.63, 3.8) is 0 Å². The van der Waals surface area contributed by atoms with Crippen LogP contribution in [0.2, 0.25) is 0 Å². The summed E-state index contributed by atoms with van der Waals surface area (Å²) in [4.78, 5) is 12.4. The molecule has 1 aromatic heterocycles. The molecule has 0 atom stereocenters. The number of methoxy groups -OCH3 is 1. The number of aromatic nitrogens is 3. The van der Waals surface area contributed by atoms with Crippen molar-refractivity contribution >= 4 is 34.1 Å². The van der Waals surface area contributed by atoms with Crippen LogP contribution < -0.4 is 10.1 Å². The third-order valence-electron chi connectivity index (χ3n) is 4.55. The van der Waals surface area contributed by atoms with Gasteiger partial charge in [-0.15, -0.1) is 10.2 Å². The number of thioether (sulfide) groups is 1. The Morgan fingerprint density at radius 1 is 1.03 bits per heavy atom. The van der Waals surface area contributed by atoms with Crippen LogP contribution in [0.1, 0.15) is 0 Å². The van der Waals surface area contributed by atoms with Gasteiger partial charge in [-0.3, -0.25) is 4.79 Å².